The fraction of sp³-hybridized carbons (Fsp3) is 0.375. The summed E-state index contributed by atoms with van der Waals surface area (Å²) in [5.74, 6) is -1.67. The molecule has 1 aliphatic rings. The Bertz CT molecular complexity index is 1660. The van der Waals surface area contributed by atoms with Crippen molar-refractivity contribution in [2.45, 2.75) is 70.9 Å². The van der Waals surface area contributed by atoms with Gasteiger partial charge in [-0.1, -0.05) is 60.7 Å². The van der Waals surface area contributed by atoms with Crippen LogP contribution in [0.5, 0.6) is 0 Å². The van der Waals surface area contributed by atoms with E-state index < -0.39 is 72.5 Å². The summed E-state index contributed by atoms with van der Waals surface area (Å²) in [6.45, 7) is 3.87. The molecule has 15 nitrogen and oxygen atoms in total. The first kappa shape index (κ1) is 34.4. The monoisotopic (exact) mass is 652 g/mol. The van der Waals surface area contributed by atoms with Gasteiger partial charge in [-0.15, -0.1) is 0 Å². The Kier molecular flexibility index (Phi) is 11.9. The SMILES string of the molecule is Cc1cn([C@H]2C[C@H](OC(=O)[C@H](C)NC(=O)OCc3ccccc3)[C@@H](COC(=O)[C@H](C)NC(=O)OCc3ccccc3)O2)c(=O)[nH]c1=O. The lowest BCUT2D eigenvalue weighted by molar-refractivity contribution is -0.160. The highest BCUT2D eigenvalue weighted by Crippen LogP contribution is 2.30. The predicted molar refractivity (Wildman–Crippen MR) is 164 cm³/mol. The van der Waals surface area contributed by atoms with Crippen molar-refractivity contribution in [3.8, 4) is 0 Å². The summed E-state index contributed by atoms with van der Waals surface area (Å²) in [6, 6.07) is 15.7. The number of benzene rings is 2. The van der Waals surface area contributed by atoms with Crippen molar-refractivity contribution in [2.24, 2.45) is 0 Å². The molecule has 15 heteroatoms. The molecule has 0 aliphatic carbocycles. The van der Waals surface area contributed by atoms with Gasteiger partial charge in [0.15, 0.2) is 0 Å². The molecule has 0 unspecified atom stereocenters. The van der Waals surface area contributed by atoms with Crippen molar-refractivity contribution >= 4 is 24.1 Å². The number of carbonyl (C=O) groups is 4. The molecule has 2 aromatic carbocycles. The minimum absolute atomic E-state index is 0.000411. The zero-order chi connectivity index (χ0) is 33.9. The van der Waals surface area contributed by atoms with Crippen molar-refractivity contribution in [1.82, 2.24) is 20.2 Å². The first-order valence-corrected chi connectivity index (χ1v) is 14.8. The molecule has 2 heterocycles. The number of alkyl carbamates (subject to hydrolysis) is 2. The first-order valence-electron chi connectivity index (χ1n) is 14.8. The number of nitrogens with one attached hydrogen (secondary N) is 3. The highest BCUT2D eigenvalue weighted by atomic mass is 16.6. The zero-order valence-corrected chi connectivity index (χ0v) is 26.0. The lowest BCUT2D eigenvalue weighted by Gasteiger charge is -2.22. The molecule has 1 saturated heterocycles. The smallest absolute Gasteiger partial charge is 0.408 e. The molecule has 250 valence electrons. The lowest BCUT2D eigenvalue weighted by atomic mass is 10.1. The van der Waals surface area contributed by atoms with Crippen molar-refractivity contribution in [2.75, 3.05) is 6.61 Å². The van der Waals surface area contributed by atoms with E-state index in [4.69, 9.17) is 23.7 Å². The minimum Gasteiger partial charge on any atom is -0.461 e. The summed E-state index contributed by atoms with van der Waals surface area (Å²) in [7, 11) is 0. The third-order valence-corrected chi connectivity index (χ3v) is 7.10. The minimum atomic E-state index is -1.13. The van der Waals surface area contributed by atoms with Gasteiger partial charge in [-0.05, 0) is 31.9 Å². The molecule has 1 aromatic heterocycles. The van der Waals surface area contributed by atoms with Crippen LogP contribution in [0.25, 0.3) is 0 Å². The average Bonchev–Trinajstić information content (AvgIpc) is 3.46. The lowest BCUT2D eigenvalue weighted by Crippen LogP contribution is -2.43. The van der Waals surface area contributed by atoms with Crippen LogP contribution >= 0.6 is 0 Å². The van der Waals surface area contributed by atoms with Crippen LogP contribution < -0.4 is 21.9 Å². The van der Waals surface area contributed by atoms with E-state index in [1.807, 2.05) is 12.1 Å². The van der Waals surface area contributed by atoms with Gasteiger partial charge < -0.3 is 34.3 Å². The van der Waals surface area contributed by atoms with E-state index in [2.05, 4.69) is 15.6 Å². The molecule has 0 radical (unpaired) electrons. The maximum Gasteiger partial charge on any atom is 0.408 e. The Morgan fingerprint density at radius 2 is 1.38 bits per heavy atom. The van der Waals surface area contributed by atoms with Gasteiger partial charge in [0.25, 0.3) is 5.56 Å². The molecule has 47 heavy (non-hydrogen) atoms. The summed E-state index contributed by atoms with van der Waals surface area (Å²) < 4.78 is 28.3. The number of hydrogen-bond donors (Lipinski definition) is 3. The number of H-pyrrole nitrogens is 1. The molecule has 3 N–H and O–H groups in total. The van der Waals surface area contributed by atoms with Crippen molar-refractivity contribution in [3.63, 3.8) is 0 Å². The first-order chi connectivity index (χ1) is 22.5. The Balaban J connectivity index is 1.35. The van der Waals surface area contributed by atoms with E-state index in [1.54, 1.807) is 48.5 Å². The van der Waals surface area contributed by atoms with Crippen LogP contribution in [0.15, 0.2) is 76.4 Å². The van der Waals surface area contributed by atoms with E-state index in [1.165, 1.54) is 27.0 Å². The summed E-state index contributed by atoms with van der Waals surface area (Å²) in [6.07, 6.45) is -3.52. The van der Waals surface area contributed by atoms with Crippen LogP contribution in [0, 0.1) is 6.92 Å². The highest BCUT2D eigenvalue weighted by molar-refractivity contribution is 5.81. The number of aryl methyl sites for hydroxylation is 1. The number of carbonyl (C=O) groups excluding carboxylic acids is 4. The number of esters is 2. The largest absolute Gasteiger partial charge is 0.461 e. The van der Waals surface area contributed by atoms with E-state index >= 15 is 0 Å². The fourth-order valence-corrected chi connectivity index (χ4v) is 4.49. The van der Waals surface area contributed by atoms with Crippen molar-refractivity contribution in [3.05, 3.63) is 104 Å². The Labute approximate surface area is 269 Å². The van der Waals surface area contributed by atoms with Crippen LogP contribution in [0.2, 0.25) is 0 Å². The third-order valence-electron chi connectivity index (χ3n) is 7.10. The van der Waals surface area contributed by atoms with E-state index in [0.717, 1.165) is 15.7 Å². The zero-order valence-electron chi connectivity index (χ0n) is 26.0. The van der Waals surface area contributed by atoms with Crippen LogP contribution in [0.4, 0.5) is 9.59 Å². The fourth-order valence-electron chi connectivity index (χ4n) is 4.49. The van der Waals surface area contributed by atoms with Crippen LogP contribution in [0.1, 0.15) is 43.2 Å². The second kappa shape index (κ2) is 16.2. The molecule has 0 spiro atoms. The van der Waals surface area contributed by atoms with E-state index in [9.17, 15) is 28.8 Å². The van der Waals surface area contributed by atoms with Gasteiger partial charge in [-0.25, -0.2) is 24.0 Å². The molecule has 5 atom stereocenters. The average molecular weight is 653 g/mol. The molecule has 1 aliphatic heterocycles. The van der Waals surface area contributed by atoms with E-state index in [-0.39, 0.29) is 25.2 Å². The van der Waals surface area contributed by atoms with Gasteiger partial charge in [0.2, 0.25) is 0 Å². The van der Waals surface area contributed by atoms with E-state index in [0.29, 0.717) is 0 Å². The topological polar surface area (TPSA) is 193 Å². The molecular weight excluding hydrogens is 616 g/mol. The number of hydrogen-bond acceptors (Lipinski definition) is 11. The van der Waals surface area contributed by atoms with Gasteiger partial charge >= 0.3 is 29.8 Å². The second-order valence-electron chi connectivity index (χ2n) is 10.8. The van der Waals surface area contributed by atoms with Crippen molar-refractivity contribution in [1.29, 1.82) is 0 Å². The van der Waals surface area contributed by atoms with Gasteiger partial charge in [0.05, 0.1) is 0 Å². The van der Waals surface area contributed by atoms with Gasteiger partial charge in [0.1, 0.15) is 50.3 Å². The van der Waals surface area contributed by atoms with Crippen LogP contribution in [0.3, 0.4) is 0 Å². The molecule has 4 rings (SSSR count). The molecular formula is C32H36N4O11. The maximum atomic E-state index is 13.0. The Morgan fingerprint density at radius 3 is 1.94 bits per heavy atom. The maximum absolute atomic E-state index is 13.0. The predicted octanol–water partition coefficient (Wildman–Crippen LogP) is 2.22. The number of rotatable bonds is 12. The van der Waals surface area contributed by atoms with Crippen LogP contribution in [-0.2, 0) is 46.5 Å². The number of ether oxygens (including phenoxy) is 5. The Morgan fingerprint density at radius 1 is 0.851 bits per heavy atom. The van der Waals surface area contributed by atoms with Gasteiger partial charge in [0, 0.05) is 18.2 Å². The summed E-state index contributed by atoms with van der Waals surface area (Å²) in [5, 5.41) is 4.78. The standard InChI is InChI=1S/C32H36N4O11/c1-19-15-36(30(40)35-27(19)37)26-14-24(47-29(39)21(3)34-32(42)45-17-23-12-8-5-9-13-23)25(46-26)18-43-28(38)20(2)33-31(41)44-16-22-10-6-4-7-11-22/h4-13,15,20-21,24-26H,14,16-18H2,1-3H3,(H,33,41)(H,34,42)(H,35,37,40)/t20-,21-,24-,25+,26+/m0/s1. The normalized spacial score (nSPS) is 18.3. The summed E-state index contributed by atoms with van der Waals surface area (Å²) in [5.41, 5.74) is 0.432. The summed E-state index contributed by atoms with van der Waals surface area (Å²) >= 11 is 0. The second-order valence-corrected chi connectivity index (χ2v) is 10.8. The number of aromatic nitrogens is 2. The molecule has 2 amide bonds. The number of amides is 2. The Hall–Kier alpha value is -5.44. The summed E-state index contributed by atoms with van der Waals surface area (Å²) in [4.78, 5) is 76.7. The molecule has 1 fully saturated rings. The number of aromatic amines is 1. The van der Waals surface area contributed by atoms with Crippen molar-refractivity contribution < 1.29 is 42.9 Å². The quantitative estimate of drug-likeness (QED) is 0.192. The molecule has 0 saturated carbocycles. The van der Waals surface area contributed by atoms with Crippen LogP contribution in [-0.4, -0.2) is 64.6 Å². The van der Waals surface area contributed by atoms with Gasteiger partial charge in [-0.2, -0.15) is 0 Å². The highest BCUT2D eigenvalue weighted by Gasteiger charge is 2.41. The molecule has 3 aromatic rings. The molecule has 0 bridgehead atoms. The number of nitrogens with zero attached hydrogens (tertiary/aromatic N) is 1. The third kappa shape index (κ3) is 10.0. The van der Waals surface area contributed by atoms with Gasteiger partial charge in [-0.3, -0.25) is 14.3 Å².